The highest BCUT2D eigenvalue weighted by atomic mass is 79.9. The van der Waals surface area contributed by atoms with Crippen molar-refractivity contribution in [2.75, 3.05) is 13.6 Å². The van der Waals surface area contributed by atoms with Crippen LogP contribution in [0.1, 0.15) is 17.7 Å². The number of carbonyl (C=O) groups is 1. The van der Waals surface area contributed by atoms with Crippen molar-refractivity contribution < 1.29 is 4.79 Å². The monoisotopic (exact) mass is 305 g/mol. The third kappa shape index (κ3) is 5.07. The lowest BCUT2D eigenvalue weighted by atomic mass is 10.3. The van der Waals surface area contributed by atoms with Crippen molar-refractivity contribution in [2.45, 2.75) is 19.4 Å². The van der Waals surface area contributed by atoms with Gasteiger partial charge < -0.3 is 4.90 Å². The second kappa shape index (κ2) is 7.01. The number of nitrogens with zero attached hydrogens (tertiary/aromatic N) is 1. The predicted molar refractivity (Wildman–Crippen MR) is 69.9 cm³/mol. The van der Waals surface area contributed by atoms with Gasteiger partial charge in [-0.05, 0) is 42.0 Å². The SMILES string of the molecule is CN(CCCC(=O)NN)Cc1cc(Br)cs1. The zero-order chi connectivity index (χ0) is 12.0. The summed E-state index contributed by atoms with van der Waals surface area (Å²) in [6.45, 7) is 1.81. The summed E-state index contributed by atoms with van der Waals surface area (Å²) in [4.78, 5) is 14.4. The number of hydrogen-bond acceptors (Lipinski definition) is 4. The number of carbonyl (C=O) groups excluding carboxylic acids is 1. The van der Waals surface area contributed by atoms with E-state index >= 15 is 0 Å². The van der Waals surface area contributed by atoms with E-state index in [2.05, 4.69) is 37.7 Å². The van der Waals surface area contributed by atoms with Crippen LogP contribution in [0.15, 0.2) is 15.9 Å². The van der Waals surface area contributed by atoms with Gasteiger partial charge in [-0.25, -0.2) is 5.84 Å². The first-order valence-electron chi connectivity index (χ1n) is 5.02. The Hall–Kier alpha value is -0.430. The van der Waals surface area contributed by atoms with Crippen LogP contribution in [0.5, 0.6) is 0 Å². The van der Waals surface area contributed by atoms with Crippen molar-refractivity contribution in [3.05, 3.63) is 20.8 Å². The van der Waals surface area contributed by atoms with Crippen LogP contribution in [0.4, 0.5) is 0 Å². The molecule has 16 heavy (non-hydrogen) atoms. The fraction of sp³-hybridized carbons (Fsp3) is 0.500. The van der Waals surface area contributed by atoms with E-state index in [1.54, 1.807) is 11.3 Å². The van der Waals surface area contributed by atoms with Gasteiger partial charge in [-0.1, -0.05) is 0 Å². The van der Waals surface area contributed by atoms with E-state index in [-0.39, 0.29) is 5.91 Å². The van der Waals surface area contributed by atoms with E-state index < -0.39 is 0 Å². The molecule has 0 aliphatic carbocycles. The number of nitrogens with one attached hydrogen (secondary N) is 1. The molecule has 0 spiro atoms. The molecule has 4 nitrogen and oxygen atoms in total. The summed E-state index contributed by atoms with van der Waals surface area (Å²) in [5.74, 6) is 4.89. The Bertz CT molecular complexity index is 343. The maximum atomic E-state index is 10.9. The predicted octanol–water partition coefficient (Wildman–Crippen LogP) is 1.71. The van der Waals surface area contributed by atoms with E-state index in [0.29, 0.717) is 6.42 Å². The van der Waals surface area contributed by atoms with E-state index in [0.717, 1.165) is 24.0 Å². The fourth-order valence-electron chi connectivity index (χ4n) is 1.36. The molecule has 1 rings (SSSR count). The lowest BCUT2D eigenvalue weighted by Crippen LogP contribution is -2.30. The standard InChI is InChI=1S/C10H16BrN3OS/c1-14(4-2-3-10(15)13-12)6-9-5-8(11)7-16-9/h5,7H,2-4,6,12H2,1H3,(H,13,15). The summed E-state index contributed by atoms with van der Waals surface area (Å²) in [7, 11) is 2.05. The number of thiophene rings is 1. The summed E-state index contributed by atoms with van der Waals surface area (Å²) >= 11 is 5.16. The van der Waals surface area contributed by atoms with E-state index in [9.17, 15) is 4.79 Å². The van der Waals surface area contributed by atoms with Crippen molar-refractivity contribution in [1.82, 2.24) is 10.3 Å². The van der Waals surface area contributed by atoms with E-state index in [1.807, 2.05) is 7.05 Å². The maximum absolute atomic E-state index is 10.9. The van der Waals surface area contributed by atoms with Crippen LogP contribution in [0.3, 0.4) is 0 Å². The van der Waals surface area contributed by atoms with Crippen molar-refractivity contribution in [2.24, 2.45) is 5.84 Å². The van der Waals surface area contributed by atoms with Crippen LogP contribution < -0.4 is 11.3 Å². The first-order valence-corrected chi connectivity index (χ1v) is 6.70. The molecule has 1 aromatic heterocycles. The molecule has 1 amide bonds. The molecule has 1 aromatic rings. The summed E-state index contributed by atoms with van der Waals surface area (Å²) in [6, 6.07) is 2.12. The molecule has 0 saturated carbocycles. The molecule has 0 radical (unpaired) electrons. The Morgan fingerprint density at radius 1 is 1.69 bits per heavy atom. The summed E-state index contributed by atoms with van der Waals surface area (Å²) in [5.41, 5.74) is 2.13. The van der Waals surface area contributed by atoms with Gasteiger partial charge in [0.15, 0.2) is 0 Å². The van der Waals surface area contributed by atoms with Gasteiger partial charge in [0.05, 0.1) is 0 Å². The molecule has 6 heteroatoms. The Morgan fingerprint density at radius 3 is 3.00 bits per heavy atom. The molecule has 0 saturated heterocycles. The molecule has 0 aliphatic heterocycles. The van der Waals surface area contributed by atoms with Crippen LogP contribution in [0.2, 0.25) is 0 Å². The van der Waals surface area contributed by atoms with Gasteiger partial charge >= 0.3 is 0 Å². The van der Waals surface area contributed by atoms with Crippen molar-refractivity contribution in [3.8, 4) is 0 Å². The van der Waals surface area contributed by atoms with Crippen molar-refractivity contribution in [3.63, 3.8) is 0 Å². The third-order valence-corrected chi connectivity index (χ3v) is 3.83. The summed E-state index contributed by atoms with van der Waals surface area (Å²) < 4.78 is 1.13. The highest BCUT2D eigenvalue weighted by molar-refractivity contribution is 9.10. The number of amides is 1. The molecule has 1 heterocycles. The molecule has 0 unspecified atom stereocenters. The van der Waals surface area contributed by atoms with Crippen LogP contribution >= 0.6 is 27.3 Å². The van der Waals surface area contributed by atoms with Gasteiger partial charge in [0.1, 0.15) is 0 Å². The molecule has 3 N–H and O–H groups in total. The Labute approximate surface area is 108 Å². The Balaban J connectivity index is 2.20. The van der Waals surface area contributed by atoms with Crippen LogP contribution in [0.25, 0.3) is 0 Å². The molecular weight excluding hydrogens is 290 g/mol. The number of hydrogen-bond donors (Lipinski definition) is 2. The molecular formula is C10H16BrN3OS. The van der Waals surface area contributed by atoms with Crippen molar-refractivity contribution >= 4 is 33.2 Å². The molecule has 0 bridgehead atoms. The average Bonchev–Trinajstić information content (AvgIpc) is 2.63. The maximum Gasteiger partial charge on any atom is 0.233 e. The van der Waals surface area contributed by atoms with Gasteiger partial charge in [-0.2, -0.15) is 0 Å². The normalized spacial score (nSPS) is 10.8. The fourth-order valence-corrected chi connectivity index (χ4v) is 2.89. The minimum atomic E-state index is -0.104. The summed E-state index contributed by atoms with van der Waals surface area (Å²) in [5, 5.41) is 2.07. The second-order valence-corrected chi connectivity index (χ2v) is 5.55. The number of rotatable bonds is 6. The minimum absolute atomic E-state index is 0.104. The lowest BCUT2D eigenvalue weighted by Gasteiger charge is -2.14. The highest BCUT2D eigenvalue weighted by Gasteiger charge is 2.04. The number of hydrazine groups is 1. The number of nitrogens with two attached hydrogens (primary N) is 1. The highest BCUT2D eigenvalue weighted by Crippen LogP contribution is 2.20. The van der Waals surface area contributed by atoms with E-state index in [1.165, 1.54) is 4.88 Å². The number of halogens is 1. The van der Waals surface area contributed by atoms with Crippen molar-refractivity contribution in [1.29, 1.82) is 0 Å². The van der Waals surface area contributed by atoms with Gasteiger partial charge in [0, 0.05) is 27.7 Å². The zero-order valence-electron chi connectivity index (χ0n) is 9.20. The van der Waals surface area contributed by atoms with Crippen LogP contribution in [0, 0.1) is 0 Å². The lowest BCUT2D eigenvalue weighted by molar-refractivity contribution is -0.121. The second-order valence-electron chi connectivity index (χ2n) is 3.64. The first-order chi connectivity index (χ1) is 7.61. The quantitative estimate of drug-likeness (QED) is 0.478. The smallest absolute Gasteiger partial charge is 0.233 e. The van der Waals surface area contributed by atoms with E-state index in [4.69, 9.17) is 5.84 Å². The van der Waals surface area contributed by atoms with Crippen LogP contribution in [-0.2, 0) is 11.3 Å². The molecule has 0 aliphatic rings. The minimum Gasteiger partial charge on any atom is -0.301 e. The third-order valence-electron chi connectivity index (χ3n) is 2.15. The first kappa shape index (κ1) is 13.6. The molecule has 0 atom stereocenters. The average molecular weight is 306 g/mol. The Morgan fingerprint density at radius 2 is 2.44 bits per heavy atom. The van der Waals surface area contributed by atoms with Gasteiger partial charge in [0.25, 0.3) is 0 Å². The molecule has 90 valence electrons. The van der Waals surface area contributed by atoms with Gasteiger partial charge in [-0.3, -0.25) is 10.2 Å². The molecule has 0 aromatic carbocycles. The van der Waals surface area contributed by atoms with Gasteiger partial charge in [0.2, 0.25) is 5.91 Å². The summed E-state index contributed by atoms with van der Waals surface area (Å²) in [6.07, 6.45) is 1.31. The topological polar surface area (TPSA) is 58.4 Å². The largest absolute Gasteiger partial charge is 0.301 e. The van der Waals surface area contributed by atoms with Crippen LogP contribution in [-0.4, -0.2) is 24.4 Å². The Kier molecular flexibility index (Phi) is 5.97. The molecule has 0 fully saturated rings. The zero-order valence-corrected chi connectivity index (χ0v) is 11.6. The van der Waals surface area contributed by atoms with Gasteiger partial charge in [-0.15, -0.1) is 11.3 Å².